The topological polar surface area (TPSA) is 194 Å². The molecule has 404 valence electrons. The van der Waals surface area contributed by atoms with Crippen LogP contribution in [-0.4, -0.2) is 147 Å². The van der Waals surface area contributed by atoms with Gasteiger partial charge < -0.3 is 48.3 Å². The molecule has 2 saturated heterocycles. The quantitative estimate of drug-likeness (QED) is 0.0232. The highest BCUT2D eigenvalue weighted by molar-refractivity contribution is 6.39. The Morgan fingerprint density at radius 2 is 1.63 bits per heavy atom. The predicted molar refractivity (Wildman–Crippen MR) is 272 cm³/mol. The minimum Gasteiger partial charge on any atom is -0.460 e. The Labute approximate surface area is 425 Å². The summed E-state index contributed by atoms with van der Waals surface area (Å²) >= 11 is 0. The van der Waals surface area contributed by atoms with E-state index in [2.05, 4.69) is 6.58 Å². The summed E-state index contributed by atoms with van der Waals surface area (Å²) in [6.45, 7) is 22.0. The number of carbonyl (C=O) groups excluding carboxylic acids is 5. The zero-order valence-electron chi connectivity index (χ0n) is 45.2. The van der Waals surface area contributed by atoms with Gasteiger partial charge in [0.05, 0.1) is 37.6 Å². The van der Waals surface area contributed by atoms with E-state index in [1.807, 2.05) is 59.8 Å². The molecule has 1 amide bonds. The third-order valence-corrected chi connectivity index (χ3v) is 15.1. The summed E-state index contributed by atoms with van der Waals surface area (Å²) in [4.78, 5) is 72.0. The molecule has 0 radical (unpaired) electrons. The molecule has 3 fully saturated rings. The third-order valence-electron chi connectivity index (χ3n) is 15.1. The monoisotopic (exact) mass is 1000 g/mol. The number of hydrogen-bond acceptors (Lipinski definition) is 14. The van der Waals surface area contributed by atoms with Gasteiger partial charge in [0.15, 0.2) is 5.78 Å². The lowest BCUT2D eigenvalue weighted by molar-refractivity contribution is -0.265. The van der Waals surface area contributed by atoms with Gasteiger partial charge in [-0.15, -0.1) is 0 Å². The van der Waals surface area contributed by atoms with Gasteiger partial charge in [-0.2, -0.15) is 0 Å². The molecule has 0 spiro atoms. The van der Waals surface area contributed by atoms with Crippen molar-refractivity contribution in [3.8, 4) is 0 Å². The molecule has 3 aliphatic rings. The van der Waals surface area contributed by atoms with Crippen molar-refractivity contribution >= 4 is 29.2 Å². The van der Waals surface area contributed by atoms with Gasteiger partial charge in [-0.1, -0.05) is 71.6 Å². The number of allylic oxidation sites excluding steroid dienone is 5. The molecule has 15 heteroatoms. The van der Waals surface area contributed by atoms with Crippen LogP contribution < -0.4 is 0 Å². The summed E-state index contributed by atoms with van der Waals surface area (Å²) in [5, 5.41) is 23.3. The van der Waals surface area contributed by atoms with E-state index in [4.69, 9.17) is 33.2 Å². The van der Waals surface area contributed by atoms with Crippen molar-refractivity contribution in [2.75, 3.05) is 47.7 Å². The maximum Gasteiger partial charge on any atom is 0.329 e. The number of likely N-dealkylation sites (tertiary alicyclic amines) is 1. The summed E-state index contributed by atoms with van der Waals surface area (Å²) in [7, 11) is 4.63. The first-order valence-corrected chi connectivity index (χ1v) is 26.3. The Morgan fingerprint density at radius 1 is 0.915 bits per heavy atom. The van der Waals surface area contributed by atoms with Crippen LogP contribution in [0.2, 0.25) is 0 Å². The van der Waals surface area contributed by atoms with Gasteiger partial charge in [0, 0.05) is 65.1 Å². The smallest absolute Gasteiger partial charge is 0.329 e. The number of rotatable bonds is 30. The lowest BCUT2D eigenvalue weighted by atomic mass is 9.78. The van der Waals surface area contributed by atoms with E-state index in [0.717, 1.165) is 18.4 Å². The van der Waals surface area contributed by atoms with Crippen LogP contribution in [-0.2, 0) is 57.1 Å². The Bertz CT molecular complexity index is 1810. The maximum atomic E-state index is 14.5. The maximum absolute atomic E-state index is 14.5. The van der Waals surface area contributed by atoms with Crippen molar-refractivity contribution in [2.24, 2.45) is 35.5 Å². The lowest BCUT2D eigenvalue weighted by Crippen LogP contribution is -2.61. The third kappa shape index (κ3) is 17.9. The van der Waals surface area contributed by atoms with E-state index in [0.29, 0.717) is 76.8 Å². The van der Waals surface area contributed by atoms with Gasteiger partial charge in [-0.25, -0.2) is 4.79 Å². The summed E-state index contributed by atoms with van der Waals surface area (Å²) < 4.78 is 41.2. The highest BCUT2D eigenvalue weighted by atomic mass is 16.6. The minimum absolute atomic E-state index is 0.0882. The van der Waals surface area contributed by atoms with Crippen LogP contribution in [0.15, 0.2) is 48.1 Å². The van der Waals surface area contributed by atoms with Crippen LogP contribution in [0.1, 0.15) is 139 Å². The molecule has 0 aromatic rings. The zero-order valence-corrected chi connectivity index (χ0v) is 45.2. The van der Waals surface area contributed by atoms with Crippen LogP contribution in [0.5, 0.6) is 0 Å². The van der Waals surface area contributed by atoms with E-state index in [-0.39, 0.29) is 72.9 Å². The predicted octanol–water partition coefficient (Wildman–Crippen LogP) is 7.88. The number of methoxy groups -OCH3 is 3. The van der Waals surface area contributed by atoms with Crippen molar-refractivity contribution in [3.63, 3.8) is 0 Å². The molecule has 2 N–H and O–H groups in total. The highest BCUT2D eigenvalue weighted by Crippen LogP contribution is 2.38. The number of esters is 1. The second-order valence-electron chi connectivity index (χ2n) is 20.6. The summed E-state index contributed by atoms with van der Waals surface area (Å²) in [6, 6.07) is -1.14. The Morgan fingerprint density at radius 3 is 2.27 bits per heavy atom. The molecule has 0 aromatic carbocycles. The SMILES string of the molecule is C=C/C=C(\C)[C@H](C[C@@H]1CC[C@@H](C)[C@](O)(C(=O)C(=O)N2CCCC[C@H]2C(=O)O[C@@H](CC(=O)[C@H](C)/C=C(\C)[C@@H](O)[C@@H](OC)C(=O)[C@H](C)C[C@H](C)/C=C/C)[C@H](C)C[C@@H]2CC[C@@H](OCCOCC)[C@H](OC)C2)O1)OC. The van der Waals surface area contributed by atoms with Crippen LogP contribution in [0.25, 0.3) is 0 Å². The molecule has 2 aliphatic heterocycles. The molecule has 15 atom stereocenters. The van der Waals surface area contributed by atoms with E-state index in [1.54, 1.807) is 47.1 Å². The average molecular weight is 1000 g/mol. The molecule has 71 heavy (non-hydrogen) atoms. The number of Topliss-reactive ketones (excluding diaryl/α,β-unsaturated/α-hetero) is 3. The largest absolute Gasteiger partial charge is 0.460 e. The van der Waals surface area contributed by atoms with Crippen molar-refractivity contribution in [1.82, 2.24) is 4.90 Å². The molecule has 15 nitrogen and oxygen atoms in total. The van der Waals surface area contributed by atoms with Crippen LogP contribution in [0, 0.1) is 35.5 Å². The molecule has 0 bridgehead atoms. The molecule has 1 saturated carbocycles. The molecular formula is C56H91NO14. The first-order valence-electron chi connectivity index (χ1n) is 26.3. The van der Waals surface area contributed by atoms with Gasteiger partial charge in [0.2, 0.25) is 5.79 Å². The Hall–Kier alpha value is -3.41. The molecular weight excluding hydrogens is 911 g/mol. The standard InChI is InChI=1S/C56H91NO14/c1-14-19-35(4)29-39(8)50(59)52(67-13)51(60)40(9)30-37(6)45(58)34-48(38(7)31-42-23-25-46(49(32-42)66-12)69-28-27-68-16-3)70-55(63)44-21-17-18-26-57(44)54(62)53(61)56(64)41(10)22-24-43(71-56)33-47(65-11)36(5)20-15-2/h14-15,19-20,30,35,37-39,41-44,46-49,51-52,60,64H,2,16-18,21-29,31-34H2,1,3-13H3/b19-14+,36-20+,40-30+/t35-,37-,38-,39-,41-,42+,43+,44+,46-,47+,48+,49-,51-,52+,56-/m1/s1. The van der Waals surface area contributed by atoms with Gasteiger partial charge in [0.1, 0.15) is 30.1 Å². The van der Waals surface area contributed by atoms with Crippen LogP contribution in [0.3, 0.4) is 0 Å². The zero-order chi connectivity index (χ0) is 53.0. The van der Waals surface area contributed by atoms with Crippen molar-refractivity contribution in [1.29, 1.82) is 0 Å². The summed E-state index contributed by atoms with van der Waals surface area (Å²) in [5.41, 5.74) is 1.29. The Balaban J connectivity index is 1.88. The van der Waals surface area contributed by atoms with E-state index >= 15 is 0 Å². The second-order valence-corrected chi connectivity index (χ2v) is 20.6. The van der Waals surface area contributed by atoms with Gasteiger partial charge >= 0.3 is 5.97 Å². The van der Waals surface area contributed by atoms with Crippen LogP contribution in [0.4, 0.5) is 0 Å². The van der Waals surface area contributed by atoms with Gasteiger partial charge in [0.25, 0.3) is 11.7 Å². The fraction of sp³-hybridized carbons (Fsp3) is 0.768. The number of hydrogen-bond donors (Lipinski definition) is 2. The normalized spacial score (nSPS) is 28.0. The van der Waals surface area contributed by atoms with E-state index in [1.165, 1.54) is 12.0 Å². The lowest BCUT2D eigenvalue weighted by Gasteiger charge is -2.42. The molecule has 0 aromatic heterocycles. The number of carbonyl (C=O) groups is 5. The van der Waals surface area contributed by atoms with Crippen molar-refractivity contribution < 1.29 is 67.3 Å². The Kier molecular flexibility index (Phi) is 26.8. The number of aliphatic hydroxyl groups excluding tert-OH is 1. The highest BCUT2D eigenvalue weighted by Gasteiger charge is 2.53. The van der Waals surface area contributed by atoms with Crippen LogP contribution >= 0.6 is 0 Å². The number of amides is 1. The van der Waals surface area contributed by atoms with E-state index in [9.17, 15) is 34.2 Å². The number of piperidine rings is 1. The second kappa shape index (κ2) is 30.7. The summed E-state index contributed by atoms with van der Waals surface area (Å²) in [5.74, 6) is -7.64. The van der Waals surface area contributed by atoms with Crippen molar-refractivity contribution in [3.05, 3.63) is 48.1 Å². The summed E-state index contributed by atoms with van der Waals surface area (Å²) in [6.07, 6.45) is 10.5. The number of ketones is 3. The fourth-order valence-electron chi connectivity index (χ4n) is 10.7. The number of nitrogens with zero attached hydrogens (tertiary/aromatic N) is 1. The molecule has 2 heterocycles. The molecule has 0 unspecified atom stereocenters. The molecule has 1 aliphatic carbocycles. The van der Waals surface area contributed by atoms with Gasteiger partial charge in [-0.05, 0) is 121 Å². The fourth-order valence-corrected chi connectivity index (χ4v) is 10.7. The first kappa shape index (κ1) is 61.9. The van der Waals surface area contributed by atoms with Gasteiger partial charge in [-0.3, -0.25) is 19.2 Å². The first-order chi connectivity index (χ1) is 33.7. The van der Waals surface area contributed by atoms with Crippen molar-refractivity contribution in [2.45, 2.75) is 194 Å². The van der Waals surface area contributed by atoms with E-state index < -0.39 is 65.7 Å². The number of aliphatic hydroxyl groups is 2. The number of ether oxygens (including phenoxy) is 7. The minimum atomic E-state index is -2.42. The molecule has 3 rings (SSSR count). The average Bonchev–Trinajstić information content (AvgIpc) is 3.35.